The summed E-state index contributed by atoms with van der Waals surface area (Å²) in [6.07, 6.45) is 0.549. The van der Waals surface area contributed by atoms with E-state index in [-0.39, 0.29) is 18.0 Å². The molecule has 3 N–H and O–H groups in total. The maximum atomic E-state index is 13.6. The van der Waals surface area contributed by atoms with Gasteiger partial charge in [0.15, 0.2) is 0 Å². The largest absolute Gasteiger partial charge is 0.327 e. The summed E-state index contributed by atoms with van der Waals surface area (Å²) in [5.41, 5.74) is 4.32. The van der Waals surface area contributed by atoms with Crippen LogP contribution in [0.1, 0.15) is 27.2 Å². The van der Waals surface area contributed by atoms with Gasteiger partial charge in [-0.05, 0) is 11.8 Å². The van der Waals surface area contributed by atoms with Crippen LogP contribution < -0.4 is 11.1 Å². The topological polar surface area (TPSA) is 38.0 Å². The molecule has 1 saturated heterocycles. The molecule has 1 fully saturated rings. The summed E-state index contributed by atoms with van der Waals surface area (Å²) < 4.78 is 13.6. The molecular formula is C9H19FN2. The van der Waals surface area contributed by atoms with Gasteiger partial charge in [-0.15, -0.1) is 0 Å². The SMILES string of the molecule is CC(C)(C)[C@@H]1C[C@](F)(CN)CN1. The Labute approximate surface area is 73.7 Å². The van der Waals surface area contributed by atoms with Crippen molar-refractivity contribution in [2.45, 2.75) is 38.9 Å². The van der Waals surface area contributed by atoms with Crippen LogP contribution in [0.5, 0.6) is 0 Å². The van der Waals surface area contributed by atoms with E-state index in [0.29, 0.717) is 13.0 Å². The molecule has 0 bridgehead atoms. The Morgan fingerprint density at radius 2 is 2.17 bits per heavy atom. The third kappa shape index (κ3) is 1.96. The number of rotatable bonds is 1. The van der Waals surface area contributed by atoms with E-state index < -0.39 is 5.67 Å². The van der Waals surface area contributed by atoms with Gasteiger partial charge in [0.25, 0.3) is 0 Å². The lowest BCUT2D eigenvalue weighted by molar-refractivity contribution is 0.183. The van der Waals surface area contributed by atoms with E-state index in [1.807, 2.05) is 0 Å². The summed E-state index contributed by atoms with van der Waals surface area (Å²) in [7, 11) is 0. The third-order valence-corrected chi connectivity index (χ3v) is 2.65. The average molecular weight is 174 g/mol. The van der Waals surface area contributed by atoms with Crippen molar-refractivity contribution < 1.29 is 4.39 Å². The predicted octanol–water partition coefficient (Wildman–Crippen LogP) is 1.06. The first kappa shape index (κ1) is 9.93. The minimum atomic E-state index is -1.17. The predicted molar refractivity (Wildman–Crippen MR) is 48.8 cm³/mol. The molecule has 0 unspecified atom stereocenters. The van der Waals surface area contributed by atoms with Gasteiger partial charge in [-0.3, -0.25) is 0 Å². The summed E-state index contributed by atoms with van der Waals surface area (Å²) in [6, 6.07) is 0.256. The number of hydrogen-bond acceptors (Lipinski definition) is 2. The van der Waals surface area contributed by atoms with Crippen LogP contribution in [-0.4, -0.2) is 24.8 Å². The standard InChI is InChI=1S/C9H19FN2/c1-8(2,3)7-4-9(10,5-11)6-12-7/h7,12H,4-6,11H2,1-3H3/t7-,9-/m0/s1. The molecule has 0 saturated carbocycles. The molecule has 72 valence electrons. The highest BCUT2D eigenvalue weighted by Crippen LogP contribution is 2.32. The van der Waals surface area contributed by atoms with E-state index >= 15 is 0 Å². The Balaban J connectivity index is 2.57. The lowest BCUT2D eigenvalue weighted by Crippen LogP contribution is -2.34. The number of halogens is 1. The number of nitrogens with two attached hydrogens (primary N) is 1. The van der Waals surface area contributed by atoms with Gasteiger partial charge >= 0.3 is 0 Å². The van der Waals surface area contributed by atoms with Crippen molar-refractivity contribution in [3.63, 3.8) is 0 Å². The second-order valence-electron chi connectivity index (χ2n) is 4.86. The summed E-state index contributed by atoms with van der Waals surface area (Å²) in [6.45, 7) is 6.89. The summed E-state index contributed by atoms with van der Waals surface area (Å²) in [5, 5.41) is 3.18. The zero-order chi connectivity index (χ0) is 9.41. The summed E-state index contributed by atoms with van der Waals surface area (Å²) in [5.74, 6) is 0. The Morgan fingerprint density at radius 3 is 2.42 bits per heavy atom. The molecule has 0 aromatic heterocycles. The van der Waals surface area contributed by atoms with Gasteiger partial charge in [0, 0.05) is 19.1 Å². The molecule has 0 spiro atoms. The van der Waals surface area contributed by atoms with Crippen molar-refractivity contribution in [3.05, 3.63) is 0 Å². The zero-order valence-electron chi connectivity index (χ0n) is 8.15. The first-order valence-corrected chi connectivity index (χ1v) is 4.50. The highest BCUT2D eigenvalue weighted by Gasteiger charge is 2.42. The first-order valence-electron chi connectivity index (χ1n) is 4.50. The normalized spacial score (nSPS) is 37.2. The van der Waals surface area contributed by atoms with E-state index in [2.05, 4.69) is 26.1 Å². The van der Waals surface area contributed by atoms with E-state index in [1.54, 1.807) is 0 Å². The van der Waals surface area contributed by atoms with Crippen molar-refractivity contribution in [3.8, 4) is 0 Å². The Bertz CT molecular complexity index is 164. The Kier molecular flexibility index (Phi) is 2.45. The van der Waals surface area contributed by atoms with E-state index in [0.717, 1.165) is 0 Å². The van der Waals surface area contributed by atoms with Gasteiger partial charge in [0.2, 0.25) is 0 Å². The molecule has 1 rings (SSSR count). The second kappa shape index (κ2) is 2.96. The van der Waals surface area contributed by atoms with Crippen LogP contribution in [0.25, 0.3) is 0 Å². The van der Waals surface area contributed by atoms with Crippen LogP contribution in [0.2, 0.25) is 0 Å². The van der Waals surface area contributed by atoms with Gasteiger partial charge in [-0.1, -0.05) is 20.8 Å². The molecule has 0 aliphatic carbocycles. The van der Waals surface area contributed by atoms with Crippen molar-refractivity contribution in [1.29, 1.82) is 0 Å². The molecular weight excluding hydrogens is 155 g/mol. The molecule has 0 radical (unpaired) electrons. The van der Waals surface area contributed by atoms with E-state index in [4.69, 9.17) is 5.73 Å². The van der Waals surface area contributed by atoms with Crippen LogP contribution in [0.3, 0.4) is 0 Å². The van der Waals surface area contributed by atoms with Gasteiger partial charge in [0.1, 0.15) is 5.67 Å². The minimum Gasteiger partial charge on any atom is -0.327 e. The molecule has 0 aromatic carbocycles. The Hall–Kier alpha value is -0.150. The summed E-state index contributed by atoms with van der Waals surface area (Å²) >= 11 is 0. The van der Waals surface area contributed by atoms with Gasteiger partial charge in [-0.25, -0.2) is 4.39 Å². The van der Waals surface area contributed by atoms with Crippen LogP contribution >= 0.6 is 0 Å². The molecule has 1 heterocycles. The molecule has 2 nitrogen and oxygen atoms in total. The highest BCUT2D eigenvalue weighted by atomic mass is 19.1. The lowest BCUT2D eigenvalue weighted by Gasteiger charge is -2.27. The number of nitrogens with one attached hydrogen (secondary N) is 1. The number of hydrogen-bond donors (Lipinski definition) is 2. The molecule has 2 atom stereocenters. The van der Waals surface area contributed by atoms with Gasteiger partial charge < -0.3 is 11.1 Å². The van der Waals surface area contributed by atoms with E-state index in [9.17, 15) is 4.39 Å². The van der Waals surface area contributed by atoms with Gasteiger partial charge in [0.05, 0.1) is 0 Å². The van der Waals surface area contributed by atoms with Crippen molar-refractivity contribution >= 4 is 0 Å². The minimum absolute atomic E-state index is 0.128. The first-order chi connectivity index (χ1) is 5.37. The van der Waals surface area contributed by atoms with Crippen LogP contribution in [0, 0.1) is 5.41 Å². The fraction of sp³-hybridized carbons (Fsp3) is 1.00. The summed E-state index contributed by atoms with van der Waals surface area (Å²) in [4.78, 5) is 0. The maximum Gasteiger partial charge on any atom is 0.137 e. The molecule has 3 heteroatoms. The molecule has 1 aliphatic rings. The maximum absolute atomic E-state index is 13.6. The lowest BCUT2D eigenvalue weighted by atomic mass is 9.84. The number of alkyl halides is 1. The van der Waals surface area contributed by atoms with Gasteiger partial charge in [-0.2, -0.15) is 0 Å². The fourth-order valence-corrected chi connectivity index (χ4v) is 1.58. The van der Waals surface area contributed by atoms with E-state index in [1.165, 1.54) is 0 Å². The molecule has 1 aliphatic heterocycles. The smallest absolute Gasteiger partial charge is 0.137 e. The highest BCUT2D eigenvalue weighted by molar-refractivity contribution is 4.99. The van der Waals surface area contributed by atoms with Crippen LogP contribution in [0.4, 0.5) is 4.39 Å². The fourth-order valence-electron chi connectivity index (χ4n) is 1.58. The monoisotopic (exact) mass is 174 g/mol. The van der Waals surface area contributed by atoms with Crippen molar-refractivity contribution in [2.24, 2.45) is 11.1 Å². The average Bonchev–Trinajstić information content (AvgIpc) is 2.32. The third-order valence-electron chi connectivity index (χ3n) is 2.65. The molecule has 0 aromatic rings. The van der Waals surface area contributed by atoms with Crippen molar-refractivity contribution in [2.75, 3.05) is 13.1 Å². The molecule has 0 amide bonds. The van der Waals surface area contributed by atoms with Crippen LogP contribution in [-0.2, 0) is 0 Å². The quantitative estimate of drug-likeness (QED) is 0.624. The Morgan fingerprint density at radius 1 is 1.58 bits per heavy atom. The second-order valence-corrected chi connectivity index (χ2v) is 4.86. The molecule has 12 heavy (non-hydrogen) atoms. The van der Waals surface area contributed by atoms with Crippen LogP contribution in [0.15, 0.2) is 0 Å². The van der Waals surface area contributed by atoms with Crippen molar-refractivity contribution in [1.82, 2.24) is 5.32 Å². The zero-order valence-corrected chi connectivity index (χ0v) is 8.15.